The standard InChI is InChI=1S/C17H16ClN3S3/c1-12-4-2-3-5-15(12)19-16-20-21-17(24-16)23-11-10-22-14-8-6-13(18)7-9-14/h2-9H,10-11H2,1H3,(H,19,20). The molecular weight excluding hydrogens is 378 g/mol. The minimum atomic E-state index is 0.774. The molecule has 1 heterocycles. The summed E-state index contributed by atoms with van der Waals surface area (Å²) in [5, 5.41) is 13.4. The number of nitrogens with zero attached hydrogens (tertiary/aromatic N) is 2. The van der Waals surface area contributed by atoms with Crippen LogP contribution in [-0.4, -0.2) is 21.7 Å². The van der Waals surface area contributed by atoms with Gasteiger partial charge in [0.2, 0.25) is 5.13 Å². The minimum absolute atomic E-state index is 0.774. The van der Waals surface area contributed by atoms with Crippen LogP contribution in [0.15, 0.2) is 57.8 Å². The van der Waals surface area contributed by atoms with Gasteiger partial charge in [-0.05, 0) is 42.8 Å². The van der Waals surface area contributed by atoms with E-state index in [-0.39, 0.29) is 0 Å². The van der Waals surface area contributed by atoms with Crippen molar-refractivity contribution < 1.29 is 0 Å². The van der Waals surface area contributed by atoms with Gasteiger partial charge in [0.05, 0.1) is 0 Å². The van der Waals surface area contributed by atoms with Crippen LogP contribution in [0, 0.1) is 6.92 Å². The van der Waals surface area contributed by atoms with Gasteiger partial charge in [-0.25, -0.2) is 0 Å². The van der Waals surface area contributed by atoms with Crippen molar-refractivity contribution in [2.75, 3.05) is 16.8 Å². The highest BCUT2D eigenvalue weighted by atomic mass is 35.5. The number of rotatable bonds is 7. The van der Waals surface area contributed by atoms with E-state index in [1.54, 1.807) is 23.1 Å². The van der Waals surface area contributed by atoms with Crippen LogP contribution in [0.2, 0.25) is 5.02 Å². The van der Waals surface area contributed by atoms with Gasteiger partial charge in [-0.1, -0.05) is 52.9 Å². The van der Waals surface area contributed by atoms with E-state index in [9.17, 15) is 0 Å². The van der Waals surface area contributed by atoms with Gasteiger partial charge in [0.1, 0.15) is 0 Å². The number of nitrogens with one attached hydrogen (secondary N) is 1. The number of thioether (sulfide) groups is 2. The van der Waals surface area contributed by atoms with Crippen molar-refractivity contribution in [1.82, 2.24) is 10.2 Å². The van der Waals surface area contributed by atoms with Crippen molar-refractivity contribution in [2.45, 2.75) is 16.2 Å². The lowest BCUT2D eigenvalue weighted by Crippen LogP contribution is -1.91. The van der Waals surface area contributed by atoms with Crippen LogP contribution in [0.25, 0.3) is 0 Å². The number of halogens is 1. The molecule has 1 N–H and O–H groups in total. The number of aromatic nitrogens is 2. The summed E-state index contributed by atoms with van der Waals surface area (Å²) in [6, 6.07) is 16.1. The average molecular weight is 394 g/mol. The van der Waals surface area contributed by atoms with Gasteiger partial charge in [-0.3, -0.25) is 0 Å². The molecule has 0 spiro atoms. The third-order valence-corrected chi connectivity index (χ3v) is 6.68. The van der Waals surface area contributed by atoms with Crippen LogP contribution in [0.5, 0.6) is 0 Å². The van der Waals surface area contributed by atoms with E-state index in [0.717, 1.165) is 31.7 Å². The second kappa shape index (κ2) is 8.76. The third-order valence-electron chi connectivity index (χ3n) is 3.18. The van der Waals surface area contributed by atoms with Crippen molar-refractivity contribution in [3.05, 3.63) is 59.1 Å². The average Bonchev–Trinajstić information content (AvgIpc) is 3.03. The highest BCUT2D eigenvalue weighted by Gasteiger charge is 2.06. The Balaban J connectivity index is 1.46. The lowest BCUT2D eigenvalue weighted by Gasteiger charge is -2.04. The van der Waals surface area contributed by atoms with Gasteiger partial charge in [-0.15, -0.1) is 22.0 Å². The van der Waals surface area contributed by atoms with Gasteiger partial charge >= 0.3 is 0 Å². The van der Waals surface area contributed by atoms with Crippen molar-refractivity contribution in [2.24, 2.45) is 0 Å². The van der Waals surface area contributed by atoms with E-state index in [4.69, 9.17) is 11.6 Å². The molecule has 0 saturated carbocycles. The molecule has 0 bridgehead atoms. The van der Waals surface area contributed by atoms with Crippen molar-refractivity contribution in [3.63, 3.8) is 0 Å². The van der Waals surface area contributed by atoms with E-state index >= 15 is 0 Å². The lowest BCUT2D eigenvalue weighted by atomic mass is 10.2. The second-order valence-corrected chi connectivity index (χ2v) is 8.89. The molecule has 0 unspecified atom stereocenters. The maximum atomic E-state index is 5.89. The normalized spacial score (nSPS) is 10.8. The van der Waals surface area contributed by atoms with Gasteiger partial charge in [0.15, 0.2) is 4.34 Å². The number of anilines is 2. The topological polar surface area (TPSA) is 37.8 Å². The Morgan fingerprint density at radius 1 is 1.00 bits per heavy atom. The molecule has 0 aliphatic rings. The Labute approximate surface area is 159 Å². The zero-order valence-electron chi connectivity index (χ0n) is 13.0. The monoisotopic (exact) mass is 393 g/mol. The van der Waals surface area contributed by atoms with Gasteiger partial charge in [0, 0.05) is 27.1 Å². The number of benzene rings is 2. The first kappa shape index (κ1) is 17.6. The summed E-state index contributed by atoms with van der Waals surface area (Å²) in [4.78, 5) is 1.24. The first-order chi connectivity index (χ1) is 11.7. The zero-order chi connectivity index (χ0) is 16.8. The molecule has 1 aromatic heterocycles. The number of aryl methyl sites for hydroxylation is 1. The fourth-order valence-electron chi connectivity index (χ4n) is 1.97. The quantitative estimate of drug-likeness (QED) is 0.386. The summed E-state index contributed by atoms with van der Waals surface area (Å²) in [5.74, 6) is 2.01. The third kappa shape index (κ3) is 5.14. The predicted molar refractivity (Wildman–Crippen MR) is 107 cm³/mol. The minimum Gasteiger partial charge on any atom is -0.330 e. The molecule has 3 nitrogen and oxygen atoms in total. The van der Waals surface area contributed by atoms with Crippen LogP contribution in [0.3, 0.4) is 0 Å². The summed E-state index contributed by atoms with van der Waals surface area (Å²) in [5.41, 5.74) is 2.27. The first-order valence-corrected chi connectivity index (χ1v) is 10.5. The Bertz CT molecular complexity index is 790. The molecule has 2 aromatic carbocycles. The maximum Gasteiger partial charge on any atom is 0.210 e. The maximum absolute atomic E-state index is 5.89. The molecule has 7 heteroatoms. The van der Waals surface area contributed by atoms with Crippen molar-refractivity contribution in [3.8, 4) is 0 Å². The Kier molecular flexibility index (Phi) is 6.43. The second-order valence-electron chi connectivity index (χ2n) is 4.96. The van der Waals surface area contributed by atoms with Crippen molar-refractivity contribution in [1.29, 1.82) is 0 Å². The Morgan fingerprint density at radius 3 is 2.54 bits per heavy atom. The number of hydrogen-bond acceptors (Lipinski definition) is 6. The molecule has 3 rings (SSSR count). The van der Waals surface area contributed by atoms with Gasteiger partial charge in [-0.2, -0.15) is 0 Å². The van der Waals surface area contributed by atoms with Crippen molar-refractivity contribution >= 4 is 57.3 Å². The van der Waals surface area contributed by atoms with Crippen LogP contribution in [0.4, 0.5) is 10.8 Å². The summed E-state index contributed by atoms with van der Waals surface area (Å²) >= 11 is 11.0. The molecular formula is C17H16ClN3S3. The molecule has 24 heavy (non-hydrogen) atoms. The molecule has 0 aliphatic carbocycles. The summed E-state index contributed by atoms with van der Waals surface area (Å²) in [7, 11) is 0. The zero-order valence-corrected chi connectivity index (χ0v) is 16.2. The van der Waals surface area contributed by atoms with E-state index in [2.05, 4.69) is 28.5 Å². The van der Waals surface area contributed by atoms with Crippen LogP contribution in [-0.2, 0) is 0 Å². The Hall–Kier alpha value is -1.21. The van der Waals surface area contributed by atoms with E-state index in [1.807, 2.05) is 54.2 Å². The van der Waals surface area contributed by atoms with Crippen LogP contribution < -0.4 is 5.32 Å². The lowest BCUT2D eigenvalue weighted by molar-refractivity contribution is 1.01. The highest BCUT2D eigenvalue weighted by molar-refractivity contribution is 8.03. The van der Waals surface area contributed by atoms with E-state index in [1.165, 1.54) is 10.5 Å². The Morgan fingerprint density at radius 2 is 1.75 bits per heavy atom. The molecule has 0 aliphatic heterocycles. The molecule has 124 valence electrons. The smallest absolute Gasteiger partial charge is 0.210 e. The molecule has 0 radical (unpaired) electrons. The largest absolute Gasteiger partial charge is 0.330 e. The predicted octanol–water partition coefficient (Wildman–Crippen LogP) is 6.13. The number of hydrogen-bond donors (Lipinski definition) is 1. The molecule has 0 amide bonds. The molecule has 0 fully saturated rings. The van der Waals surface area contributed by atoms with Crippen LogP contribution in [0.1, 0.15) is 5.56 Å². The summed E-state index contributed by atoms with van der Waals surface area (Å²) in [6.07, 6.45) is 0. The SMILES string of the molecule is Cc1ccccc1Nc1nnc(SCCSc2ccc(Cl)cc2)s1. The first-order valence-electron chi connectivity index (χ1n) is 7.38. The molecule has 0 atom stereocenters. The molecule has 0 saturated heterocycles. The van der Waals surface area contributed by atoms with Gasteiger partial charge < -0.3 is 5.32 Å². The molecule has 3 aromatic rings. The number of para-hydroxylation sites is 1. The summed E-state index contributed by atoms with van der Waals surface area (Å²) < 4.78 is 0.989. The van der Waals surface area contributed by atoms with Crippen LogP contribution >= 0.6 is 46.5 Å². The summed E-state index contributed by atoms with van der Waals surface area (Å²) in [6.45, 7) is 2.08. The highest BCUT2D eigenvalue weighted by Crippen LogP contribution is 2.30. The fourth-order valence-corrected chi connectivity index (χ4v) is 4.81. The fraction of sp³-hybridized carbons (Fsp3) is 0.176. The van der Waals surface area contributed by atoms with E-state index < -0.39 is 0 Å². The van der Waals surface area contributed by atoms with E-state index in [0.29, 0.717) is 0 Å². The van der Waals surface area contributed by atoms with Gasteiger partial charge in [0.25, 0.3) is 0 Å².